The van der Waals surface area contributed by atoms with Crippen LogP contribution in [0.4, 0.5) is 5.69 Å². The quantitative estimate of drug-likeness (QED) is 0.586. The molecule has 0 atom stereocenters. The zero-order valence-corrected chi connectivity index (χ0v) is 8.70. The van der Waals surface area contributed by atoms with E-state index in [2.05, 4.69) is 15.9 Å². The first-order valence-corrected chi connectivity index (χ1v) is 4.38. The predicted molar refractivity (Wildman–Crippen MR) is 49.9 cm³/mol. The summed E-state index contributed by atoms with van der Waals surface area (Å²) in [6.45, 7) is 1.37. The van der Waals surface area contributed by atoms with E-state index in [1.165, 1.54) is 19.1 Å². The molecule has 74 valence electrons. The summed E-state index contributed by atoms with van der Waals surface area (Å²) >= 11 is 2.99. The highest BCUT2D eigenvalue weighted by Crippen LogP contribution is 2.26. The van der Waals surface area contributed by atoms with Gasteiger partial charge in [-0.15, -0.1) is 0 Å². The van der Waals surface area contributed by atoms with E-state index < -0.39 is 10.9 Å². The highest BCUT2D eigenvalue weighted by molar-refractivity contribution is 9.10. The SMILES string of the molecule is Cc1c(C(=O)[O-])cc(Br)cc1[N+](=O)[O-]. The van der Waals surface area contributed by atoms with Gasteiger partial charge in [0.1, 0.15) is 0 Å². The molecule has 0 heterocycles. The van der Waals surface area contributed by atoms with Crippen LogP contribution in [0.1, 0.15) is 15.9 Å². The van der Waals surface area contributed by atoms with Gasteiger partial charge in [0.2, 0.25) is 0 Å². The number of nitrogens with zero attached hydrogens (tertiary/aromatic N) is 1. The summed E-state index contributed by atoms with van der Waals surface area (Å²) in [7, 11) is 0. The molecule has 1 aromatic carbocycles. The molecule has 0 unspecified atom stereocenters. The summed E-state index contributed by atoms with van der Waals surface area (Å²) in [6.07, 6.45) is 0. The highest BCUT2D eigenvalue weighted by atomic mass is 79.9. The average Bonchev–Trinajstić information content (AvgIpc) is 2.07. The smallest absolute Gasteiger partial charge is 0.274 e. The van der Waals surface area contributed by atoms with Gasteiger partial charge in [-0.05, 0) is 13.0 Å². The Morgan fingerprint density at radius 3 is 2.50 bits per heavy atom. The molecule has 0 fully saturated rings. The van der Waals surface area contributed by atoms with Gasteiger partial charge in [0, 0.05) is 21.7 Å². The van der Waals surface area contributed by atoms with Gasteiger partial charge < -0.3 is 9.90 Å². The fraction of sp³-hybridized carbons (Fsp3) is 0.125. The van der Waals surface area contributed by atoms with Gasteiger partial charge in [0.25, 0.3) is 5.69 Å². The minimum Gasteiger partial charge on any atom is -0.545 e. The van der Waals surface area contributed by atoms with Crippen molar-refractivity contribution in [1.82, 2.24) is 0 Å². The molecule has 0 amide bonds. The van der Waals surface area contributed by atoms with Crippen LogP contribution in [-0.2, 0) is 0 Å². The second-order valence-corrected chi connectivity index (χ2v) is 3.56. The molecule has 0 bridgehead atoms. The van der Waals surface area contributed by atoms with Crippen LogP contribution in [0.5, 0.6) is 0 Å². The third-order valence-corrected chi connectivity index (χ3v) is 2.22. The number of hydrogen-bond acceptors (Lipinski definition) is 4. The molecule has 0 N–H and O–H groups in total. The van der Waals surface area contributed by atoms with Crippen molar-refractivity contribution in [2.45, 2.75) is 6.92 Å². The van der Waals surface area contributed by atoms with Crippen LogP contribution in [0.2, 0.25) is 0 Å². The third kappa shape index (κ3) is 1.90. The lowest BCUT2D eigenvalue weighted by molar-refractivity contribution is -0.385. The molecule has 5 nitrogen and oxygen atoms in total. The topological polar surface area (TPSA) is 83.3 Å². The van der Waals surface area contributed by atoms with Gasteiger partial charge in [0.05, 0.1) is 10.9 Å². The molecule has 6 heteroatoms. The van der Waals surface area contributed by atoms with Crippen molar-refractivity contribution in [2.24, 2.45) is 0 Å². The van der Waals surface area contributed by atoms with E-state index in [1.807, 2.05) is 0 Å². The molecule has 1 aromatic rings. The second kappa shape index (κ2) is 3.75. The maximum absolute atomic E-state index is 10.6. The summed E-state index contributed by atoms with van der Waals surface area (Å²) < 4.78 is 0.342. The van der Waals surface area contributed by atoms with Crippen LogP contribution in [0, 0.1) is 17.0 Å². The van der Waals surface area contributed by atoms with Gasteiger partial charge in [-0.1, -0.05) is 15.9 Å². The van der Waals surface area contributed by atoms with E-state index in [4.69, 9.17) is 0 Å². The number of nitro groups is 1. The Labute approximate surface area is 87.6 Å². The summed E-state index contributed by atoms with van der Waals surface area (Å²) in [4.78, 5) is 20.5. The zero-order chi connectivity index (χ0) is 10.9. The number of aromatic carboxylic acids is 1. The van der Waals surface area contributed by atoms with Gasteiger partial charge >= 0.3 is 0 Å². The molecule has 0 aromatic heterocycles. The standard InChI is InChI=1S/C8H6BrNO4/c1-4-6(8(11)12)2-5(9)3-7(4)10(13)14/h2-3H,1H3,(H,11,12)/p-1. The first-order chi connectivity index (χ1) is 6.43. The maximum atomic E-state index is 10.6. The first kappa shape index (κ1) is 10.6. The number of carboxylic acid groups (broad SMARTS) is 1. The van der Waals surface area contributed by atoms with Gasteiger partial charge in [-0.2, -0.15) is 0 Å². The predicted octanol–water partition coefficient (Wildman–Crippen LogP) is 1.03. The summed E-state index contributed by atoms with van der Waals surface area (Å²) in [5.41, 5.74) is -0.317. The first-order valence-electron chi connectivity index (χ1n) is 3.59. The molecule has 0 aliphatic carbocycles. The molecule has 0 radical (unpaired) electrons. The van der Waals surface area contributed by atoms with E-state index in [0.29, 0.717) is 4.47 Å². The molecular weight excluding hydrogens is 254 g/mol. The number of nitro benzene ring substituents is 1. The van der Waals surface area contributed by atoms with Crippen molar-refractivity contribution in [3.63, 3.8) is 0 Å². The maximum Gasteiger partial charge on any atom is 0.274 e. The number of carbonyl (C=O) groups excluding carboxylic acids is 1. The Bertz CT molecular complexity index is 381. The molecule has 0 saturated carbocycles. The van der Waals surface area contributed by atoms with Crippen LogP contribution in [-0.4, -0.2) is 10.9 Å². The lowest BCUT2D eigenvalue weighted by Gasteiger charge is -2.07. The van der Waals surface area contributed by atoms with Crippen molar-refractivity contribution in [3.8, 4) is 0 Å². The van der Waals surface area contributed by atoms with Crippen molar-refractivity contribution in [1.29, 1.82) is 0 Å². The van der Waals surface area contributed by atoms with Gasteiger partial charge in [-0.25, -0.2) is 0 Å². The third-order valence-electron chi connectivity index (χ3n) is 1.76. The Kier molecular flexibility index (Phi) is 2.85. The zero-order valence-electron chi connectivity index (χ0n) is 7.11. The Balaban J connectivity index is 3.47. The number of halogens is 1. The second-order valence-electron chi connectivity index (χ2n) is 2.64. The summed E-state index contributed by atoms with van der Waals surface area (Å²) in [6, 6.07) is 2.53. The molecule has 14 heavy (non-hydrogen) atoms. The Hall–Kier alpha value is -1.43. The van der Waals surface area contributed by atoms with Crippen molar-refractivity contribution >= 4 is 27.6 Å². The fourth-order valence-corrected chi connectivity index (χ4v) is 1.51. The van der Waals surface area contributed by atoms with Gasteiger partial charge in [0.15, 0.2) is 0 Å². The van der Waals surface area contributed by atoms with Gasteiger partial charge in [-0.3, -0.25) is 10.1 Å². The lowest BCUT2D eigenvalue weighted by Crippen LogP contribution is -2.23. The van der Waals surface area contributed by atoms with Crippen LogP contribution < -0.4 is 5.11 Å². The molecule has 0 aliphatic heterocycles. The molecule has 1 rings (SSSR count). The van der Waals surface area contributed by atoms with E-state index in [9.17, 15) is 20.0 Å². The molecule has 0 saturated heterocycles. The Morgan fingerprint density at radius 1 is 1.50 bits per heavy atom. The number of carboxylic acids is 1. The van der Waals surface area contributed by atoms with E-state index in [1.54, 1.807) is 0 Å². The largest absolute Gasteiger partial charge is 0.545 e. The number of hydrogen-bond donors (Lipinski definition) is 0. The fourth-order valence-electron chi connectivity index (χ4n) is 1.07. The number of rotatable bonds is 2. The normalized spacial score (nSPS) is 9.86. The monoisotopic (exact) mass is 258 g/mol. The van der Waals surface area contributed by atoms with Crippen molar-refractivity contribution in [3.05, 3.63) is 37.8 Å². The minimum atomic E-state index is -1.42. The van der Waals surface area contributed by atoms with E-state index in [-0.39, 0.29) is 16.8 Å². The van der Waals surface area contributed by atoms with Crippen LogP contribution in [0.15, 0.2) is 16.6 Å². The van der Waals surface area contributed by atoms with Crippen LogP contribution in [0.25, 0.3) is 0 Å². The highest BCUT2D eigenvalue weighted by Gasteiger charge is 2.15. The molecular formula is C8H5BrNO4-. The van der Waals surface area contributed by atoms with Crippen LogP contribution >= 0.6 is 15.9 Å². The summed E-state index contributed by atoms with van der Waals surface area (Å²) in [5, 5.41) is 21.1. The van der Waals surface area contributed by atoms with E-state index in [0.717, 1.165) is 0 Å². The summed E-state index contributed by atoms with van der Waals surface area (Å²) in [5.74, 6) is -1.42. The molecule has 0 aliphatic rings. The van der Waals surface area contributed by atoms with Crippen molar-refractivity contribution in [2.75, 3.05) is 0 Å². The van der Waals surface area contributed by atoms with E-state index >= 15 is 0 Å². The minimum absolute atomic E-state index is 0.0956. The average molecular weight is 259 g/mol. The lowest BCUT2D eigenvalue weighted by atomic mass is 10.1. The molecule has 0 spiro atoms. The number of carbonyl (C=O) groups is 1. The Morgan fingerprint density at radius 2 is 2.07 bits per heavy atom. The van der Waals surface area contributed by atoms with Crippen molar-refractivity contribution < 1.29 is 14.8 Å². The number of benzene rings is 1. The van der Waals surface area contributed by atoms with Crippen LogP contribution in [0.3, 0.4) is 0 Å².